The molecule has 5 nitrogen and oxygen atoms in total. The average Bonchev–Trinajstić information content (AvgIpc) is 3.09. The Morgan fingerprint density at radius 3 is 2.62 bits per heavy atom. The van der Waals surface area contributed by atoms with Gasteiger partial charge in [0, 0.05) is 22.8 Å². The Hall–Kier alpha value is -2.63. The summed E-state index contributed by atoms with van der Waals surface area (Å²) in [6.07, 6.45) is 1.90. The molecule has 4 N–H and O–H groups in total. The normalized spacial score (nSPS) is 11.6. The molecule has 1 amide bonds. The first kappa shape index (κ1) is 16.2. The van der Waals surface area contributed by atoms with Crippen LogP contribution in [-0.4, -0.2) is 34.3 Å². The molecule has 0 aliphatic rings. The van der Waals surface area contributed by atoms with Gasteiger partial charge in [0.05, 0.1) is 18.6 Å². The van der Waals surface area contributed by atoms with Crippen molar-refractivity contribution in [2.24, 2.45) is 5.41 Å². The summed E-state index contributed by atoms with van der Waals surface area (Å²) < 4.78 is 0. The van der Waals surface area contributed by atoms with Crippen LogP contribution in [0.1, 0.15) is 6.92 Å². The van der Waals surface area contributed by atoms with Crippen LogP contribution >= 0.6 is 0 Å². The Balaban J connectivity index is 1.93. The third kappa shape index (κ3) is 2.91. The zero-order chi connectivity index (χ0) is 17.2. The highest BCUT2D eigenvalue weighted by Gasteiger charge is 2.31. The summed E-state index contributed by atoms with van der Waals surface area (Å²) in [7, 11) is 0. The number of aromatic nitrogens is 1. The van der Waals surface area contributed by atoms with Crippen LogP contribution in [0.4, 0.5) is 5.69 Å². The number of H-pyrrole nitrogens is 1. The predicted molar refractivity (Wildman–Crippen MR) is 94.6 cm³/mol. The summed E-state index contributed by atoms with van der Waals surface area (Å²) in [5.41, 5.74) is 2.51. The lowest BCUT2D eigenvalue weighted by Gasteiger charge is -2.23. The molecule has 0 fully saturated rings. The van der Waals surface area contributed by atoms with Gasteiger partial charge in [-0.1, -0.05) is 24.3 Å². The smallest absolute Gasteiger partial charge is 0.234 e. The minimum atomic E-state index is -1.21. The maximum absolute atomic E-state index is 12.3. The molecule has 0 aliphatic heterocycles. The van der Waals surface area contributed by atoms with Crippen LogP contribution < -0.4 is 5.32 Å². The van der Waals surface area contributed by atoms with Crippen molar-refractivity contribution in [3.63, 3.8) is 0 Å². The number of amides is 1. The summed E-state index contributed by atoms with van der Waals surface area (Å²) >= 11 is 0. The summed E-state index contributed by atoms with van der Waals surface area (Å²) in [6.45, 7) is 0.683. The van der Waals surface area contributed by atoms with Gasteiger partial charge in [0.25, 0.3) is 0 Å². The number of hydrogen-bond donors (Lipinski definition) is 4. The molecule has 124 valence electrons. The number of carbonyl (C=O) groups is 1. The monoisotopic (exact) mass is 324 g/mol. The second-order valence-electron chi connectivity index (χ2n) is 6.16. The van der Waals surface area contributed by atoms with Gasteiger partial charge in [-0.15, -0.1) is 0 Å². The van der Waals surface area contributed by atoms with Gasteiger partial charge in [-0.3, -0.25) is 4.79 Å². The number of nitrogens with one attached hydrogen (secondary N) is 2. The molecule has 0 radical (unpaired) electrons. The molecule has 0 bridgehead atoms. The molecule has 1 heterocycles. The molecule has 0 unspecified atom stereocenters. The lowest BCUT2D eigenvalue weighted by atomic mass is 9.91. The maximum atomic E-state index is 12.3. The van der Waals surface area contributed by atoms with Crippen LogP contribution in [0.5, 0.6) is 0 Å². The van der Waals surface area contributed by atoms with Crippen molar-refractivity contribution in [2.75, 3.05) is 18.5 Å². The minimum Gasteiger partial charge on any atom is -0.395 e. The first-order chi connectivity index (χ1) is 11.6. The average molecular weight is 324 g/mol. The predicted octanol–water partition coefficient (Wildman–Crippen LogP) is 2.76. The lowest BCUT2D eigenvalue weighted by Crippen LogP contribution is -2.39. The van der Waals surface area contributed by atoms with Crippen molar-refractivity contribution in [1.29, 1.82) is 0 Å². The van der Waals surface area contributed by atoms with Gasteiger partial charge in [0.2, 0.25) is 5.91 Å². The van der Waals surface area contributed by atoms with Crippen LogP contribution in [-0.2, 0) is 4.79 Å². The standard InChI is InChI=1S/C19H20N2O3/c1-19(11-22,12-23)18(24)21-14-5-2-4-13(10-14)15-6-3-7-17-16(15)8-9-20-17/h2-10,20,22-23H,11-12H2,1H3,(H,21,24). The lowest BCUT2D eigenvalue weighted by molar-refractivity contribution is -0.129. The Morgan fingerprint density at radius 1 is 1.12 bits per heavy atom. The number of aromatic amines is 1. The maximum Gasteiger partial charge on any atom is 0.234 e. The molecule has 1 aromatic heterocycles. The van der Waals surface area contributed by atoms with Crippen LogP contribution in [0.2, 0.25) is 0 Å². The molecule has 24 heavy (non-hydrogen) atoms. The highest BCUT2D eigenvalue weighted by Crippen LogP contribution is 2.30. The van der Waals surface area contributed by atoms with E-state index in [4.69, 9.17) is 0 Å². The van der Waals surface area contributed by atoms with E-state index in [1.54, 1.807) is 6.07 Å². The molecular weight excluding hydrogens is 304 g/mol. The fraction of sp³-hybridized carbons (Fsp3) is 0.211. The first-order valence-electron chi connectivity index (χ1n) is 7.77. The third-order valence-corrected chi connectivity index (χ3v) is 4.27. The first-order valence-corrected chi connectivity index (χ1v) is 7.77. The molecule has 2 aromatic carbocycles. The Morgan fingerprint density at radius 2 is 1.88 bits per heavy atom. The molecule has 0 saturated heterocycles. The number of carbonyl (C=O) groups excluding carboxylic acids is 1. The van der Waals surface area contributed by atoms with E-state index in [1.165, 1.54) is 6.92 Å². The summed E-state index contributed by atoms with van der Waals surface area (Å²) in [6, 6.07) is 15.6. The van der Waals surface area contributed by atoms with E-state index >= 15 is 0 Å². The van der Waals surface area contributed by atoms with Crippen molar-refractivity contribution in [1.82, 2.24) is 4.98 Å². The molecule has 3 rings (SSSR count). The summed E-state index contributed by atoms with van der Waals surface area (Å²) in [5.74, 6) is -0.412. The molecule has 5 heteroatoms. The SMILES string of the molecule is CC(CO)(CO)C(=O)Nc1cccc(-c2cccc3[nH]ccc23)c1. The molecule has 0 saturated carbocycles. The third-order valence-electron chi connectivity index (χ3n) is 4.27. The zero-order valence-electron chi connectivity index (χ0n) is 13.4. The second kappa shape index (κ2) is 6.47. The Labute approximate surface area is 140 Å². The highest BCUT2D eigenvalue weighted by atomic mass is 16.3. The van der Waals surface area contributed by atoms with Crippen molar-refractivity contribution >= 4 is 22.5 Å². The van der Waals surface area contributed by atoms with Gasteiger partial charge < -0.3 is 20.5 Å². The van der Waals surface area contributed by atoms with Crippen LogP contribution in [0.3, 0.4) is 0 Å². The number of rotatable bonds is 5. The van der Waals surface area contributed by atoms with Gasteiger partial charge in [0.15, 0.2) is 0 Å². The minimum absolute atomic E-state index is 0.412. The van der Waals surface area contributed by atoms with Gasteiger partial charge in [-0.2, -0.15) is 0 Å². The molecule has 0 aliphatic carbocycles. The van der Waals surface area contributed by atoms with Crippen molar-refractivity contribution < 1.29 is 15.0 Å². The van der Waals surface area contributed by atoms with Crippen molar-refractivity contribution in [3.8, 4) is 11.1 Å². The number of aliphatic hydroxyl groups is 2. The number of anilines is 1. The van der Waals surface area contributed by atoms with E-state index in [0.29, 0.717) is 5.69 Å². The van der Waals surface area contributed by atoms with E-state index in [1.807, 2.05) is 48.7 Å². The fourth-order valence-electron chi connectivity index (χ4n) is 2.58. The van der Waals surface area contributed by atoms with Gasteiger partial charge in [0.1, 0.15) is 0 Å². The van der Waals surface area contributed by atoms with E-state index in [0.717, 1.165) is 22.0 Å². The Bertz CT molecular complexity index is 866. The van der Waals surface area contributed by atoms with E-state index < -0.39 is 24.5 Å². The van der Waals surface area contributed by atoms with Crippen LogP contribution in [0, 0.1) is 5.41 Å². The Kier molecular flexibility index (Phi) is 4.38. The topological polar surface area (TPSA) is 85.3 Å². The number of aliphatic hydroxyl groups excluding tert-OH is 2. The molecule has 0 atom stereocenters. The van der Waals surface area contributed by atoms with Crippen molar-refractivity contribution in [2.45, 2.75) is 6.92 Å². The summed E-state index contributed by atoms with van der Waals surface area (Å²) in [4.78, 5) is 15.5. The summed E-state index contributed by atoms with van der Waals surface area (Å²) in [5, 5.41) is 22.6. The fourth-order valence-corrected chi connectivity index (χ4v) is 2.58. The molecular formula is C19H20N2O3. The van der Waals surface area contributed by atoms with Crippen LogP contribution in [0.25, 0.3) is 22.0 Å². The number of benzene rings is 2. The van der Waals surface area contributed by atoms with Gasteiger partial charge >= 0.3 is 0 Å². The van der Waals surface area contributed by atoms with E-state index in [2.05, 4.69) is 10.3 Å². The van der Waals surface area contributed by atoms with Crippen molar-refractivity contribution in [3.05, 3.63) is 54.7 Å². The van der Waals surface area contributed by atoms with Gasteiger partial charge in [-0.05, 0) is 42.3 Å². The van der Waals surface area contributed by atoms with E-state index in [-0.39, 0.29) is 0 Å². The van der Waals surface area contributed by atoms with Crippen LogP contribution in [0.15, 0.2) is 54.7 Å². The molecule has 0 spiro atoms. The number of fused-ring (bicyclic) bond motifs is 1. The zero-order valence-corrected chi connectivity index (χ0v) is 13.4. The second-order valence-corrected chi connectivity index (χ2v) is 6.16. The van der Waals surface area contributed by atoms with Gasteiger partial charge in [-0.25, -0.2) is 0 Å². The highest BCUT2D eigenvalue weighted by molar-refractivity contribution is 5.98. The largest absolute Gasteiger partial charge is 0.395 e. The molecule has 3 aromatic rings. The number of hydrogen-bond acceptors (Lipinski definition) is 3. The quantitative estimate of drug-likeness (QED) is 0.582. The van der Waals surface area contributed by atoms with E-state index in [9.17, 15) is 15.0 Å².